The van der Waals surface area contributed by atoms with Crippen LogP contribution in [0.1, 0.15) is 15.4 Å². The highest BCUT2D eigenvalue weighted by molar-refractivity contribution is 7.20. The number of carbonyl (C=O) groups excluding carboxylic acids is 1. The molecule has 1 aliphatic heterocycles. The van der Waals surface area contributed by atoms with Crippen LogP contribution in [0.2, 0.25) is 0 Å². The molecule has 0 atom stereocenters. The molecule has 2 aromatic heterocycles. The summed E-state index contributed by atoms with van der Waals surface area (Å²) >= 11 is 1.51. The summed E-state index contributed by atoms with van der Waals surface area (Å²) in [5, 5.41) is 14.7. The highest BCUT2D eigenvalue weighted by Crippen LogP contribution is 2.31. The van der Waals surface area contributed by atoms with E-state index in [1.54, 1.807) is 0 Å². The van der Waals surface area contributed by atoms with Gasteiger partial charge in [-0.3, -0.25) is 9.69 Å². The predicted octanol–water partition coefficient (Wildman–Crippen LogP) is 2.15. The summed E-state index contributed by atoms with van der Waals surface area (Å²) in [5.74, 6) is 0.0915. The first-order valence-corrected chi connectivity index (χ1v) is 9.66. The first kappa shape index (κ1) is 17.2. The van der Waals surface area contributed by atoms with E-state index >= 15 is 0 Å². The van der Waals surface area contributed by atoms with Gasteiger partial charge in [0.1, 0.15) is 4.83 Å². The van der Waals surface area contributed by atoms with E-state index in [-0.39, 0.29) is 12.5 Å². The molecule has 0 aliphatic carbocycles. The Labute approximate surface area is 156 Å². The summed E-state index contributed by atoms with van der Waals surface area (Å²) < 4.78 is 1.92. The van der Waals surface area contributed by atoms with Crippen LogP contribution >= 0.6 is 11.3 Å². The third-order valence-corrected chi connectivity index (χ3v) is 5.93. The van der Waals surface area contributed by atoms with Gasteiger partial charge in [0.15, 0.2) is 0 Å². The van der Waals surface area contributed by atoms with Crippen LogP contribution in [0.25, 0.3) is 15.9 Å². The van der Waals surface area contributed by atoms with Gasteiger partial charge in [0.05, 0.1) is 22.9 Å². The van der Waals surface area contributed by atoms with Gasteiger partial charge in [0.2, 0.25) is 0 Å². The van der Waals surface area contributed by atoms with Gasteiger partial charge >= 0.3 is 0 Å². The molecular weight excluding hydrogens is 348 g/mol. The molecule has 0 radical (unpaired) electrons. The van der Waals surface area contributed by atoms with Crippen molar-refractivity contribution in [3.63, 3.8) is 0 Å². The Morgan fingerprint density at radius 1 is 1.19 bits per heavy atom. The molecule has 3 heterocycles. The Morgan fingerprint density at radius 3 is 2.62 bits per heavy atom. The molecule has 26 heavy (non-hydrogen) atoms. The third kappa shape index (κ3) is 3.13. The van der Waals surface area contributed by atoms with E-state index in [1.165, 1.54) is 11.3 Å². The monoisotopic (exact) mass is 370 g/mol. The Kier molecular flexibility index (Phi) is 4.76. The molecule has 1 aromatic carbocycles. The summed E-state index contributed by atoms with van der Waals surface area (Å²) in [6.07, 6.45) is 0. The summed E-state index contributed by atoms with van der Waals surface area (Å²) in [6.45, 7) is 5.86. The second-order valence-electron chi connectivity index (χ2n) is 6.52. The lowest BCUT2D eigenvalue weighted by Gasteiger charge is -2.34. The minimum absolute atomic E-state index is 0.0915. The molecule has 0 saturated carbocycles. The fourth-order valence-electron chi connectivity index (χ4n) is 3.37. The second kappa shape index (κ2) is 7.19. The number of rotatable bonds is 4. The Bertz CT molecular complexity index is 910. The number of hydrogen-bond donors (Lipinski definition) is 1. The van der Waals surface area contributed by atoms with Crippen molar-refractivity contribution in [2.75, 3.05) is 39.3 Å². The highest BCUT2D eigenvalue weighted by atomic mass is 32.1. The van der Waals surface area contributed by atoms with Crippen molar-refractivity contribution in [3.8, 4) is 5.69 Å². The zero-order valence-electron chi connectivity index (χ0n) is 14.8. The predicted molar refractivity (Wildman–Crippen MR) is 103 cm³/mol. The van der Waals surface area contributed by atoms with E-state index in [2.05, 4.69) is 10.00 Å². The minimum Gasteiger partial charge on any atom is -0.395 e. The number of aliphatic hydroxyl groups excluding tert-OH is 1. The number of β-amino-alcohol motifs (C(OH)–C–C–N with tert-alkyl or cyclic N) is 1. The van der Waals surface area contributed by atoms with Crippen LogP contribution in [0, 0.1) is 6.92 Å². The van der Waals surface area contributed by atoms with Crippen molar-refractivity contribution in [1.82, 2.24) is 19.6 Å². The van der Waals surface area contributed by atoms with Gasteiger partial charge in [-0.05, 0) is 25.1 Å². The summed E-state index contributed by atoms with van der Waals surface area (Å²) in [7, 11) is 0. The molecule has 136 valence electrons. The van der Waals surface area contributed by atoms with Crippen molar-refractivity contribution in [2.24, 2.45) is 0 Å². The summed E-state index contributed by atoms with van der Waals surface area (Å²) in [4.78, 5) is 18.8. The van der Waals surface area contributed by atoms with Gasteiger partial charge in [-0.2, -0.15) is 5.10 Å². The average molecular weight is 370 g/mol. The quantitative estimate of drug-likeness (QED) is 0.764. The van der Waals surface area contributed by atoms with E-state index in [4.69, 9.17) is 5.11 Å². The zero-order chi connectivity index (χ0) is 18.1. The number of piperazine rings is 1. The van der Waals surface area contributed by atoms with Crippen LogP contribution in [0.3, 0.4) is 0 Å². The van der Waals surface area contributed by atoms with E-state index in [1.807, 2.05) is 52.9 Å². The SMILES string of the molecule is Cc1nn(-c2ccccc2)c2sc(C(=O)N3CCN(CCO)CC3)cc12. The molecule has 3 aromatic rings. The van der Waals surface area contributed by atoms with Gasteiger partial charge < -0.3 is 10.0 Å². The lowest BCUT2D eigenvalue weighted by molar-refractivity contribution is 0.0619. The molecule has 1 fully saturated rings. The normalized spacial score (nSPS) is 15.7. The fraction of sp³-hybridized carbons (Fsp3) is 0.368. The largest absolute Gasteiger partial charge is 0.395 e. The van der Waals surface area contributed by atoms with E-state index in [0.29, 0.717) is 19.6 Å². The lowest BCUT2D eigenvalue weighted by Crippen LogP contribution is -2.49. The molecular formula is C19H22N4O2S. The number of fused-ring (bicyclic) bond motifs is 1. The van der Waals surface area contributed by atoms with Crippen LogP contribution in [-0.2, 0) is 0 Å². The smallest absolute Gasteiger partial charge is 0.264 e. The molecule has 0 spiro atoms. The summed E-state index contributed by atoms with van der Waals surface area (Å²) in [5.41, 5.74) is 1.94. The van der Waals surface area contributed by atoms with E-state index in [0.717, 1.165) is 39.6 Å². The maximum Gasteiger partial charge on any atom is 0.264 e. The Hall–Kier alpha value is -2.22. The first-order chi connectivity index (χ1) is 12.7. The van der Waals surface area contributed by atoms with Crippen LogP contribution in [0.4, 0.5) is 0 Å². The van der Waals surface area contributed by atoms with Crippen LogP contribution in [-0.4, -0.2) is 69.9 Å². The van der Waals surface area contributed by atoms with Gasteiger partial charge in [-0.25, -0.2) is 4.68 Å². The first-order valence-electron chi connectivity index (χ1n) is 8.84. The van der Waals surface area contributed by atoms with Crippen molar-refractivity contribution in [2.45, 2.75) is 6.92 Å². The number of aryl methyl sites for hydroxylation is 1. The van der Waals surface area contributed by atoms with Crippen molar-refractivity contribution < 1.29 is 9.90 Å². The molecule has 1 aliphatic rings. The Balaban J connectivity index is 1.59. The number of amides is 1. The topological polar surface area (TPSA) is 61.6 Å². The van der Waals surface area contributed by atoms with Crippen LogP contribution < -0.4 is 0 Å². The number of aromatic nitrogens is 2. The van der Waals surface area contributed by atoms with Gasteiger partial charge in [0, 0.05) is 38.1 Å². The molecule has 1 amide bonds. The van der Waals surface area contributed by atoms with Crippen molar-refractivity contribution >= 4 is 27.5 Å². The third-order valence-electron chi connectivity index (χ3n) is 4.83. The highest BCUT2D eigenvalue weighted by Gasteiger charge is 2.24. The minimum atomic E-state index is 0.0915. The second-order valence-corrected chi connectivity index (χ2v) is 7.55. The molecule has 0 unspecified atom stereocenters. The maximum absolute atomic E-state index is 12.9. The number of benzene rings is 1. The molecule has 1 saturated heterocycles. The standard InChI is InChI=1S/C19H22N4O2S/c1-14-16-13-17(18(25)22-9-7-21(8-10-22)11-12-24)26-19(16)23(20-14)15-5-3-2-4-6-15/h2-6,13,24H,7-12H2,1H3. The van der Waals surface area contributed by atoms with Crippen LogP contribution in [0.5, 0.6) is 0 Å². The van der Waals surface area contributed by atoms with E-state index < -0.39 is 0 Å². The number of thiophene rings is 1. The fourth-order valence-corrected chi connectivity index (χ4v) is 4.52. The molecule has 7 heteroatoms. The summed E-state index contributed by atoms with van der Waals surface area (Å²) in [6, 6.07) is 12.0. The van der Waals surface area contributed by atoms with Crippen molar-refractivity contribution in [3.05, 3.63) is 47.0 Å². The van der Waals surface area contributed by atoms with Crippen LogP contribution in [0.15, 0.2) is 36.4 Å². The number of para-hydroxylation sites is 1. The molecule has 4 rings (SSSR count). The van der Waals surface area contributed by atoms with Gasteiger partial charge in [-0.15, -0.1) is 11.3 Å². The zero-order valence-corrected chi connectivity index (χ0v) is 15.6. The maximum atomic E-state index is 12.9. The number of carbonyl (C=O) groups is 1. The number of aliphatic hydroxyl groups is 1. The van der Waals surface area contributed by atoms with Crippen molar-refractivity contribution in [1.29, 1.82) is 0 Å². The lowest BCUT2D eigenvalue weighted by atomic mass is 10.2. The number of hydrogen-bond acceptors (Lipinski definition) is 5. The molecule has 0 bridgehead atoms. The van der Waals surface area contributed by atoms with Gasteiger partial charge in [-0.1, -0.05) is 18.2 Å². The van der Waals surface area contributed by atoms with E-state index in [9.17, 15) is 4.79 Å². The Morgan fingerprint density at radius 2 is 1.92 bits per heavy atom. The molecule has 6 nitrogen and oxygen atoms in total. The number of nitrogens with zero attached hydrogens (tertiary/aromatic N) is 4. The average Bonchev–Trinajstić information content (AvgIpc) is 3.24. The van der Waals surface area contributed by atoms with Gasteiger partial charge in [0.25, 0.3) is 5.91 Å². The molecule has 1 N–H and O–H groups in total.